The number of halogens is 3. The van der Waals surface area contributed by atoms with Gasteiger partial charge in [0.05, 0.1) is 22.6 Å². The van der Waals surface area contributed by atoms with Crippen molar-refractivity contribution in [3.05, 3.63) is 108 Å². The topological polar surface area (TPSA) is 49.2 Å². The molecule has 0 saturated carbocycles. The molecule has 0 bridgehead atoms. The molecule has 4 nitrogen and oxygen atoms in total. The average molecular weight is 498 g/mol. The van der Waals surface area contributed by atoms with Crippen LogP contribution in [0.15, 0.2) is 91.1 Å². The summed E-state index contributed by atoms with van der Waals surface area (Å²) in [4.78, 5) is 11.2. The Balaban J connectivity index is 1.57. The third-order valence-electron chi connectivity index (χ3n) is 7.05. The monoisotopic (exact) mass is 497 g/mol. The SMILES string of the molecule is CC1(C)c2ccccc2N(c2ccccn2)c2cc(-c3ccc4c(C(F)(F)F)ccc(O)c4n3)ccc21. The average Bonchev–Trinajstić information content (AvgIpc) is 2.89. The normalized spacial score (nSPS) is 14.4. The molecule has 1 aliphatic rings. The number of nitrogens with zero attached hydrogens (tertiary/aromatic N) is 3. The Morgan fingerprint density at radius 2 is 1.57 bits per heavy atom. The zero-order valence-electron chi connectivity index (χ0n) is 20.1. The van der Waals surface area contributed by atoms with Gasteiger partial charge in [0.2, 0.25) is 0 Å². The van der Waals surface area contributed by atoms with Crippen molar-refractivity contribution in [3.63, 3.8) is 0 Å². The van der Waals surface area contributed by atoms with E-state index in [1.807, 2.05) is 48.5 Å². The van der Waals surface area contributed by atoms with Crippen molar-refractivity contribution < 1.29 is 18.3 Å². The second-order valence-electron chi connectivity index (χ2n) is 9.62. The molecule has 6 rings (SSSR count). The molecule has 2 aromatic heterocycles. The molecule has 0 atom stereocenters. The summed E-state index contributed by atoms with van der Waals surface area (Å²) in [5.74, 6) is 0.454. The Labute approximate surface area is 211 Å². The zero-order chi connectivity index (χ0) is 25.9. The molecule has 7 heteroatoms. The summed E-state index contributed by atoms with van der Waals surface area (Å²) in [6.07, 6.45) is -2.81. The first-order chi connectivity index (χ1) is 17.7. The van der Waals surface area contributed by atoms with Crippen molar-refractivity contribution in [2.75, 3.05) is 4.90 Å². The number of alkyl halides is 3. The van der Waals surface area contributed by atoms with Gasteiger partial charge in [-0.25, -0.2) is 9.97 Å². The number of hydrogen-bond acceptors (Lipinski definition) is 4. The summed E-state index contributed by atoms with van der Waals surface area (Å²) in [5, 5.41) is 10.2. The molecule has 0 spiro atoms. The highest BCUT2D eigenvalue weighted by molar-refractivity contribution is 5.91. The van der Waals surface area contributed by atoms with Crippen LogP contribution in [0.25, 0.3) is 22.2 Å². The summed E-state index contributed by atoms with van der Waals surface area (Å²) in [7, 11) is 0. The summed E-state index contributed by atoms with van der Waals surface area (Å²) in [5.41, 5.74) is 4.13. The van der Waals surface area contributed by atoms with Gasteiger partial charge in [-0.2, -0.15) is 13.2 Å². The van der Waals surface area contributed by atoms with Gasteiger partial charge in [0.1, 0.15) is 17.1 Å². The quantitative estimate of drug-likeness (QED) is 0.268. The smallest absolute Gasteiger partial charge is 0.417 e. The van der Waals surface area contributed by atoms with E-state index >= 15 is 0 Å². The van der Waals surface area contributed by atoms with Crippen LogP contribution >= 0.6 is 0 Å². The van der Waals surface area contributed by atoms with Crippen molar-refractivity contribution in [1.29, 1.82) is 0 Å². The fraction of sp³-hybridized carbons (Fsp3) is 0.133. The first-order valence-electron chi connectivity index (χ1n) is 11.8. The van der Waals surface area contributed by atoms with Crippen molar-refractivity contribution in [1.82, 2.24) is 9.97 Å². The van der Waals surface area contributed by atoms with Gasteiger partial charge in [-0.1, -0.05) is 50.2 Å². The third kappa shape index (κ3) is 3.61. The summed E-state index contributed by atoms with van der Waals surface area (Å²) >= 11 is 0. The van der Waals surface area contributed by atoms with Gasteiger partial charge in [0, 0.05) is 22.6 Å². The third-order valence-corrected chi connectivity index (χ3v) is 7.05. The van der Waals surface area contributed by atoms with E-state index in [-0.39, 0.29) is 22.1 Å². The predicted molar refractivity (Wildman–Crippen MR) is 138 cm³/mol. The number of benzene rings is 3. The maximum absolute atomic E-state index is 13.5. The van der Waals surface area contributed by atoms with E-state index in [0.29, 0.717) is 11.3 Å². The molecular weight excluding hydrogens is 475 g/mol. The minimum atomic E-state index is -4.55. The van der Waals surface area contributed by atoms with Crippen molar-refractivity contribution in [3.8, 4) is 17.0 Å². The number of aromatic hydroxyl groups is 1. The molecule has 0 fully saturated rings. The van der Waals surface area contributed by atoms with Crippen LogP contribution in [0.4, 0.5) is 30.4 Å². The zero-order valence-corrected chi connectivity index (χ0v) is 20.1. The summed E-state index contributed by atoms with van der Waals surface area (Å²) in [6, 6.07) is 24.7. The van der Waals surface area contributed by atoms with Gasteiger partial charge in [-0.15, -0.1) is 0 Å². The number of rotatable bonds is 2. The Kier molecular flexibility index (Phi) is 5.02. The molecule has 1 N–H and O–H groups in total. The molecule has 0 amide bonds. The van der Waals surface area contributed by atoms with Crippen LogP contribution in [0.3, 0.4) is 0 Å². The maximum Gasteiger partial charge on any atom is 0.417 e. The Morgan fingerprint density at radius 1 is 0.811 bits per heavy atom. The number of phenolic OH excluding ortho intramolecular Hbond substituents is 1. The van der Waals surface area contributed by atoms with Crippen LogP contribution in [-0.4, -0.2) is 15.1 Å². The lowest BCUT2D eigenvalue weighted by Gasteiger charge is -2.41. The largest absolute Gasteiger partial charge is 0.506 e. The number of pyridine rings is 2. The predicted octanol–water partition coefficient (Wildman–Crippen LogP) is 8.13. The van der Waals surface area contributed by atoms with Gasteiger partial charge in [-0.3, -0.25) is 4.90 Å². The molecule has 5 aromatic rings. The van der Waals surface area contributed by atoms with Crippen LogP contribution in [0, 0.1) is 0 Å². The Morgan fingerprint density at radius 3 is 2.32 bits per heavy atom. The van der Waals surface area contributed by atoms with Gasteiger partial charge in [0.15, 0.2) is 0 Å². The van der Waals surface area contributed by atoms with E-state index in [4.69, 9.17) is 0 Å². The van der Waals surface area contributed by atoms with Gasteiger partial charge in [0.25, 0.3) is 0 Å². The maximum atomic E-state index is 13.5. The van der Waals surface area contributed by atoms with Crippen molar-refractivity contribution in [2.45, 2.75) is 25.4 Å². The lowest BCUT2D eigenvalue weighted by molar-refractivity contribution is -0.136. The van der Waals surface area contributed by atoms with Crippen molar-refractivity contribution in [2.24, 2.45) is 0 Å². The van der Waals surface area contributed by atoms with E-state index < -0.39 is 11.7 Å². The van der Waals surface area contributed by atoms with Crippen LogP contribution in [0.2, 0.25) is 0 Å². The summed E-state index contributed by atoms with van der Waals surface area (Å²) in [6.45, 7) is 4.34. The number of anilines is 3. The first-order valence-corrected chi connectivity index (χ1v) is 11.8. The molecule has 1 aliphatic heterocycles. The van der Waals surface area contributed by atoms with Crippen molar-refractivity contribution >= 4 is 28.1 Å². The van der Waals surface area contributed by atoms with Crippen LogP contribution in [-0.2, 0) is 11.6 Å². The fourth-order valence-corrected chi connectivity index (χ4v) is 5.22. The number of hydrogen-bond donors (Lipinski definition) is 1. The Bertz CT molecular complexity index is 1660. The van der Waals surface area contributed by atoms with Gasteiger partial charge in [-0.05, 0) is 59.7 Å². The number of aromatic nitrogens is 2. The van der Waals surface area contributed by atoms with Gasteiger partial charge >= 0.3 is 6.18 Å². The highest BCUT2D eigenvalue weighted by Gasteiger charge is 2.37. The van der Waals surface area contributed by atoms with E-state index in [0.717, 1.165) is 40.5 Å². The minimum absolute atomic E-state index is 0.0858. The Hall–Kier alpha value is -4.39. The molecule has 0 radical (unpaired) electrons. The molecule has 0 aliphatic carbocycles. The molecule has 0 saturated heterocycles. The van der Waals surface area contributed by atoms with Crippen LogP contribution < -0.4 is 4.90 Å². The van der Waals surface area contributed by atoms with E-state index in [1.165, 1.54) is 6.07 Å². The summed E-state index contributed by atoms with van der Waals surface area (Å²) < 4.78 is 40.6. The lowest BCUT2D eigenvalue weighted by atomic mass is 9.73. The first kappa shape index (κ1) is 23.0. The van der Waals surface area contributed by atoms with Crippen LogP contribution in [0.1, 0.15) is 30.5 Å². The number of fused-ring (bicyclic) bond motifs is 3. The highest BCUT2D eigenvalue weighted by Crippen LogP contribution is 2.52. The number of para-hydroxylation sites is 1. The molecule has 0 unspecified atom stereocenters. The highest BCUT2D eigenvalue weighted by atomic mass is 19.4. The van der Waals surface area contributed by atoms with E-state index in [2.05, 4.69) is 40.8 Å². The lowest BCUT2D eigenvalue weighted by Crippen LogP contribution is -2.30. The second kappa shape index (κ2) is 8.06. The van der Waals surface area contributed by atoms with E-state index in [1.54, 1.807) is 12.3 Å². The molecule has 184 valence electrons. The molecular formula is C30H22F3N3O. The molecule has 3 heterocycles. The molecule has 37 heavy (non-hydrogen) atoms. The number of phenols is 1. The van der Waals surface area contributed by atoms with E-state index in [9.17, 15) is 18.3 Å². The molecule has 3 aromatic carbocycles. The van der Waals surface area contributed by atoms with Crippen LogP contribution in [0.5, 0.6) is 5.75 Å². The second-order valence-corrected chi connectivity index (χ2v) is 9.62. The van der Waals surface area contributed by atoms with Gasteiger partial charge < -0.3 is 5.11 Å². The minimum Gasteiger partial charge on any atom is -0.506 e. The standard InChI is InChI=1S/C30H22F3N3O/c1-29(2)21-7-3-4-8-24(21)36(27-9-5-6-16-34-27)25-17-18(10-12-22(25)29)23-14-11-19-20(30(31,32)33)13-15-26(37)28(19)35-23/h3-17,37H,1-2H3. The fourth-order valence-electron chi connectivity index (χ4n) is 5.22.